The van der Waals surface area contributed by atoms with E-state index in [9.17, 15) is 0 Å². The molecule has 17 heavy (non-hydrogen) atoms. The van der Waals surface area contributed by atoms with Crippen LogP contribution in [0.5, 0.6) is 0 Å². The minimum absolute atomic E-state index is 0.148. The van der Waals surface area contributed by atoms with Crippen molar-refractivity contribution in [2.75, 3.05) is 37.9 Å². The number of nitrogens with zero attached hydrogens (tertiary/aromatic N) is 2. The number of nitrogens with two attached hydrogens (primary N) is 1. The van der Waals surface area contributed by atoms with Crippen molar-refractivity contribution >= 4 is 29.4 Å². The fourth-order valence-electron chi connectivity index (χ4n) is 2.23. The van der Waals surface area contributed by atoms with Gasteiger partial charge in [-0.25, -0.2) is 0 Å². The van der Waals surface area contributed by atoms with Gasteiger partial charge >= 0.3 is 0 Å². The Hall–Kier alpha value is -0.0700. The van der Waals surface area contributed by atoms with Gasteiger partial charge in [0.05, 0.1) is 4.75 Å². The van der Waals surface area contributed by atoms with Crippen molar-refractivity contribution in [2.45, 2.75) is 24.0 Å². The lowest BCUT2D eigenvalue weighted by atomic mass is 9.94. The molecule has 0 aromatic heterocycles. The Kier molecular flexibility index (Phi) is 6.51. The molecule has 1 fully saturated rings. The first kappa shape index (κ1) is 15.0. The van der Waals surface area contributed by atoms with Crippen LogP contribution >= 0.6 is 23.5 Å². The molecule has 1 saturated heterocycles. The van der Waals surface area contributed by atoms with Gasteiger partial charge in [-0.1, -0.05) is 5.16 Å². The van der Waals surface area contributed by atoms with E-state index >= 15 is 0 Å². The third kappa shape index (κ3) is 3.96. The standard InChI is InChI=1S/C11H23N3OS2/c1-16-9-3-6-14-7-4-11(17-2,5-8-14)10(12)13-15/h15H,3-9H2,1-2H3,(H2,12,13). The minimum atomic E-state index is -0.148. The van der Waals surface area contributed by atoms with Gasteiger partial charge in [-0.3, -0.25) is 0 Å². The number of oxime groups is 1. The highest BCUT2D eigenvalue weighted by Gasteiger charge is 2.37. The summed E-state index contributed by atoms with van der Waals surface area (Å²) in [5.41, 5.74) is 5.82. The van der Waals surface area contributed by atoms with Crippen LogP contribution in [-0.2, 0) is 0 Å². The molecule has 0 amide bonds. The first-order valence-electron chi connectivity index (χ1n) is 5.93. The predicted octanol–water partition coefficient (Wildman–Crippen LogP) is 1.68. The Bertz CT molecular complexity index is 253. The van der Waals surface area contributed by atoms with Gasteiger partial charge in [0.15, 0.2) is 5.84 Å². The zero-order chi connectivity index (χ0) is 12.7. The van der Waals surface area contributed by atoms with Gasteiger partial charge in [-0.05, 0) is 57.2 Å². The molecule has 0 spiro atoms. The monoisotopic (exact) mass is 277 g/mol. The maximum Gasteiger partial charge on any atom is 0.155 e. The predicted molar refractivity (Wildman–Crippen MR) is 78.3 cm³/mol. The highest BCUT2D eigenvalue weighted by Crippen LogP contribution is 2.34. The summed E-state index contributed by atoms with van der Waals surface area (Å²) in [5, 5.41) is 12.1. The molecule has 0 unspecified atom stereocenters. The summed E-state index contributed by atoms with van der Waals surface area (Å²) in [5.74, 6) is 1.61. The van der Waals surface area contributed by atoms with Crippen LogP contribution in [0, 0.1) is 0 Å². The summed E-state index contributed by atoms with van der Waals surface area (Å²) in [6.07, 6.45) is 7.39. The molecule has 3 N–H and O–H groups in total. The summed E-state index contributed by atoms with van der Waals surface area (Å²) < 4.78 is -0.148. The minimum Gasteiger partial charge on any atom is -0.409 e. The molecule has 0 radical (unpaired) electrons. The number of hydrogen-bond acceptors (Lipinski definition) is 5. The first-order chi connectivity index (χ1) is 8.18. The first-order valence-corrected chi connectivity index (χ1v) is 8.55. The molecule has 100 valence electrons. The van der Waals surface area contributed by atoms with E-state index in [4.69, 9.17) is 10.9 Å². The Morgan fingerprint density at radius 1 is 1.41 bits per heavy atom. The van der Waals surface area contributed by atoms with Crippen molar-refractivity contribution in [3.8, 4) is 0 Å². The molecule has 1 aliphatic heterocycles. The molecule has 6 heteroatoms. The summed E-state index contributed by atoms with van der Waals surface area (Å²) in [4.78, 5) is 2.48. The molecule has 4 nitrogen and oxygen atoms in total. The summed E-state index contributed by atoms with van der Waals surface area (Å²) in [6, 6.07) is 0. The van der Waals surface area contributed by atoms with E-state index in [0.29, 0.717) is 5.84 Å². The van der Waals surface area contributed by atoms with E-state index in [1.165, 1.54) is 18.7 Å². The Balaban J connectivity index is 2.42. The number of likely N-dealkylation sites (tertiary alicyclic amines) is 1. The number of thioether (sulfide) groups is 2. The maximum absolute atomic E-state index is 8.86. The van der Waals surface area contributed by atoms with E-state index in [1.54, 1.807) is 11.8 Å². The Labute approximate surface area is 112 Å². The van der Waals surface area contributed by atoms with Crippen molar-refractivity contribution < 1.29 is 5.21 Å². The average Bonchev–Trinajstić information content (AvgIpc) is 2.39. The van der Waals surface area contributed by atoms with E-state index in [2.05, 4.69) is 16.3 Å². The van der Waals surface area contributed by atoms with Crippen LogP contribution in [0.3, 0.4) is 0 Å². The Morgan fingerprint density at radius 2 is 2.06 bits per heavy atom. The highest BCUT2D eigenvalue weighted by atomic mass is 32.2. The second kappa shape index (κ2) is 7.38. The topological polar surface area (TPSA) is 61.8 Å². The lowest BCUT2D eigenvalue weighted by molar-refractivity contribution is 0.218. The molecule has 1 rings (SSSR count). The van der Waals surface area contributed by atoms with Gasteiger partial charge in [0, 0.05) is 0 Å². The van der Waals surface area contributed by atoms with Gasteiger partial charge in [0.25, 0.3) is 0 Å². The molecular formula is C11H23N3OS2. The SMILES string of the molecule is CSCCCN1CCC(SC)(C(N)=NO)CC1. The zero-order valence-electron chi connectivity index (χ0n) is 10.7. The zero-order valence-corrected chi connectivity index (χ0v) is 12.3. The average molecular weight is 277 g/mol. The molecule has 0 aromatic carbocycles. The van der Waals surface area contributed by atoms with Crippen molar-refractivity contribution in [1.82, 2.24) is 4.90 Å². The van der Waals surface area contributed by atoms with Crippen molar-refractivity contribution in [1.29, 1.82) is 0 Å². The number of amidine groups is 1. The number of hydrogen-bond donors (Lipinski definition) is 2. The van der Waals surface area contributed by atoms with Gasteiger partial charge < -0.3 is 15.8 Å². The maximum atomic E-state index is 8.86. The second-order valence-electron chi connectivity index (χ2n) is 4.37. The third-order valence-electron chi connectivity index (χ3n) is 3.45. The van der Waals surface area contributed by atoms with E-state index in [0.717, 1.165) is 25.9 Å². The van der Waals surface area contributed by atoms with Crippen molar-refractivity contribution in [3.05, 3.63) is 0 Å². The normalized spacial score (nSPS) is 21.6. The van der Waals surface area contributed by atoms with Crippen LogP contribution in [0.4, 0.5) is 0 Å². The second-order valence-corrected chi connectivity index (χ2v) is 6.55. The van der Waals surface area contributed by atoms with E-state index in [1.807, 2.05) is 18.0 Å². The van der Waals surface area contributed by atoms with Crippen LogP contribution in [0.15, 0.2) is 5.16 Å². The lowest BCUT2D eigenvalue weighted by Gasteiger charge is -2.39. The van der Waals surface area contributed by atoms with Crippen LogP contribution < -0.4 is 5.73 Å². The Morgan fingerprint density at radius 3 is 2.53 bits per heavy atom. The number of piperidine rings is 1. The fraction of sp³-hybridized carbons (Fsp3) is 0.909. The molecule has 1 heterocycles. The van der Waals surface area contributed by atoms with Crippen LogP contribution in [0.2, 0.25) is 0 Å². The molecule has 0 saturated carbocycles. The molecule has 0 atom stereocenters. The quantitative estimate of drug-likeness (QED) is 0.254. The fourth-order valence-corrected chi connectivity index (χ4v) is 3.48. The summed E-state index contributed by atoms with van der Waals surface area (Å²) in [6.45, 7) is 3.26. The van der Waals surface area contributed by atoms with Crippen molar-refractivity contribution in [2.24, 2.45) is 10.9 Å². The van der Waals surface area contributed by atoms with Crippen LogP contribution in [-0.4, -0.2) is 58.6 Å². The van der Waals surface area contributed by atoms with E-state index in [-0.39, 0.29) is 4.75 Å². The third-order valence-corrected chi connectivity index (χ3v) is 5.55. The summed E-state index contributed by atoms with van der Waals surface area (Å²) in [7, 11) is 0. The van der Waals surface area contributed by atoms with Gasteiger partial charge in [0.2, 0.25) is 0 Å². The number of rotatable bonds is 6. The van der Waals surface area contributed by atoms with Crippen LogP contribution in [0.25, 0.3) is 0 Å². The van der Waals surface area contributed by atoms with Gasteiger partial charge in [-0.15, -0.1) is 0 Å². The van der Waals surface area contributed by atoms with E-state index < -0.39 is 0 Å². The van der Waals surface area contributed by atoms with Crippen LogP contribution in [0.1, 0.15) is 19.3 Å². The molecule has 1 aliphatic rings. The smallest absolute Gasteiger partial charge is 0.155 e. The highest BCUT2D eigenvalue weighted by molar-refractivity contribution is 8.00. The molecule has 0 aliphatic carbocycles. The molecular weight excluding hydrogens is 254 g/mol. The van der Waals surface area contributed by atoms with Gasteiger partial charge in [-0.2, -0.15) is 23.5 Å². The molecule has 0 aromatic rings. The van der Waals surface area contributed by atoms with Gasteiger partial charge in [0.1, 0.15) is 0 Å². The largest absolute Gasteiger partial charge is 0.409 e. The molecule has 0 bridgehead atoms. The van der Waals surface area contributed by atoms with Crippen molar-refractivity contribution in [3.63, 3.8) is 0 Å². The lowest BCUT2D eigenvalue weighted by Crippen LogP contribution is -2.50. The summed E-state index contributed by atoms with van der Waals surface area (Å²) >= 11 is 3.61.